The lowest BCUT2D eigenvalue weighted by molar-refractivity contribution is -0.385. The molecule has 0 spiro atoms. The summed E-state index contributed by atoms with van der Waals surface area (Å²) in [5.41, 5.74) is -1.68. The highest BCUT2D eigenvalue weighted by Crippen LogP contribution is 2.41. The smallest absolute Gasteiger partial charge is 0.268 e. The minimum absolute atomic E-state index is 0.0880. The van der Waals surface area contributed by atoms with E-state index in [-0.39, 0.29) is 21.8 Å². The van der Waals surface area contributed by atoms with Crippen molar-refractivity contribution in [1.29, 1.82) is 0 Å². The van der Waals surface area contributed by atoms with Crippen LogP contribution in [0.1, 0.15) is 11.1 Å². The fourth-order valence-corrected chi connectivity index (χ4v) is 3.53. The molecule has 1 fully saturated rings. The van der Waals surface area contributed by atoms with E-state index in [1.54, 1.807) is 0 Å². The molecule has 0 aromatic heterocycles. The minimum Gasteiger partial charge on any atom is -0.268 e. The third-order valence-electron chi connectivity index (χ3n) is 3.73. The predicted octanol–water partition coefficient (Wildman–Crippen LogP) is 5.51. The molecule has 2 aromatic rings. The van der Waals surface area contributed by atoms with Crippen LogP contribution < -0.4 is 4.90 Å². The predicted molar refractivity (Wildman–Crippen MR) is 98.0 cm³/mol. The normalized spacial score (nSPS) is 16.1. The number of benzene rings is 2. The molecule has 0 atom stereocenters. The first-order valence-corrected chi connectivity index (χ1v) is 8.67. The van der Waals surface area contributed by atoms with Gasteiger partial charge in [-0.05, 0) is 42.1 Å². The van der Waals surface area contributed by atoms with Crippen LogP contribution in [0.25, 0.3) is 6.08 Å². The van der Waals surface area contributed by atoms with Crippen molar-refractivity contribution in [3.05, 3.63) is 73.6 Å². The van der Waals surface area contributed by atoms with Crippen LogP contribution in [0.4, 0.5) is 29.3 Å². The number of imide groups is 1. The maximum Gasteiger partial charge on any atom is 0.417 e. The number of thioether (sulfide) groups is 1. The third-order valence-corrected chi connectivity index (χ3v) is 4.93. The van der Waals surface area contributed by atoms with Gasteiger partial charge in [0, 0.05) is 6.07 Å². The fraction of sp³-hybridized carbons (Fsp3) is 0.0588. The molecule has 0 N–H and O–H groups in total. The summed E-state index contributed by atoms with van der Waals surface area (Å²) in [5.74, 6) is -0.886. The number of anilines is 1. The maximum atomic E-state index is 13.0. The van der Waals surface area contributed by atoms with E-state index in [1.807, 2.05) is 0 Å². The summed E-state index contributed by atoms with van der Waals surface area (Å²) in [6, 6.07) is 8.22. The number of hydrogen-bond acceptors (Lipinski definition) is 5. The quantitative estimate of drug-likeness (QED) is 0.366. The SMILES string of the molecule is O=C1S/C(=C\c2ccccc2[N+](=O)[O-])C(=O)N1c1ccc(Cl)c(C(F)(F)F)c1. The molecular formula is C17H8ClF3N2O4S. The number of amides is 2. The Morgan fingerprint density at radius 2 is 1.82 bits per heavy atom. The number of nitro benzene ring substituents is 1. The molecule has 3 rings (SSSR count). The first-order valence-electron chi connectivity index (χ1n) is 7.47. The fourth-order valence-electron chi connectivity index (χ4n) is 2.48. The van der Waals surface area contributed by atoms with E-state index >= 15 is 0 Å². The monoisotopic (exact) mass is 428 g/mol. The van der Waals surface area contributed by atoms with Gasteiger partial charge in [-0.3, -0.25) is 19.7 Å². The molecule has 0 saturated carbocycles. The molecule has 6 nitrogen and oxygen atoms in total. The van der Waals surface area contributed by atoms with Gasteiger partial charge >= 0.3 is 6.18 Å². The zero-order valence-corrected chi connectivity index (χ0v) is 15.1. The molecule has 0 bridgehead atoms. The second-order valence-corrected chi connectivity index (χ2v) is 6.90. The Balaban J connectivity index is 2.01. The number of para-hydroxylation sites is 1. The van der Waals surface area contributed by atoms with E-state index in [0.29, 0.717) is 22.7 Å². The van der Waals surface area contributed by atoms with Crippen LogP contribution in [0.2, 0.25) is 5.02 Å². The van der Waals surface area contributed by atoms with Gasteiger partial charge in [0.15, 0.2) is 0 Å². The van der Waals surface area contributed by atoms with E-state index in [1.165, 1.54) is 24.3 Å². The second-order valence-electron chi connectivity index (χ2n) is 5.49. The van der Waals surface area contributed by atoms with Gasteiger partial charge in [-0.1, -0.05) is 23.7 Å². The van der Waals surface area contributed by atoms with Crippen LogP contribution in [0.15, 0.2) is 47.4 Å². The van der Waals surface area contributed by atoms with E-state index in [2.05, 4.69) is 0 Å². The van der Waals surface area contributed by atoms with Crippen molar-refractivity contribution in [3.63, 3.8) is 0 Å². The average molecular weight is 429 g/mol. The summed E-state index contributed by atoms with van der Waals surface area (Å²) in [6.45, 7) is 0. The van der Waals surface area contributed by atoms with Crippen LogP contribution in [0, 0.1) is 10.1 Å². The van der Waals surface area contributed by atoms with E-state index in [4.69, 9.17) is 11.6 Å². The number of hydrogen-bond donors (Lipinski definition) is 0. The van der Waals surface area contributed by atoms with Gasteiger partial charge in [-0.2, -0.15) is 13.2 Å². The Labute approximate surface area is 164 Å². The average Bonchev–Trinajstić information content (AvgIpc) is 2.88. The molecule has 2 aromatic carbocycles. The van der Waals surface area contributed by atoms with E-state index in [0.717, 1.165) is 18.2 Å². The summed E-state index contributed by atoms with van der Waals surface area (Å²) >= 11 is 6.03. The van der Waals surface area contributed by atoms with Gasteiger partial charge in [0.05, 0.1) is 31.7 Å². The van der Waals surface area contributed by atoms with Gasteiger partial charge in [0.25, 0.3) is 16.8 Å². The highest BCUT2D eigenvalue weighted by Gasteiger charge is 2.39. The standard InChI is InChI=1S/C17H8ClF3N2O4S/c18-12-6-5-10(8-11(12)17(19,20)21)22-15(24)14(28-16(22)25)7-9-3-1-2-4-13(9)23(26)27/h1-8H/b14-7-. The largest absolute Gasteiger partial charge is 0.417 e. The van der Waals surface area contributed by atoms with Crippen molar-refractivity contribution in [3.8, 4) is 0 Å². The van der Waals surface area contributed by atoms with Crippen molar-refractivity contribution < 1.29 is 27.7 Å². The zero-order chi connectivity index (χ0) is 20.6. The minimum atomic E-state index is -4.77. The summed E-state index contributed by atoms with van der Waals surface area (Å²) in [7, 11) is 0. The first kappa shape index (κ1) is 19.9. The number of carbonyl (C=O) groups excluding carboxylic acids is 2. The van der Waals surface area contributed by atoms with Crippen LogP contribution in [0.5, 0.6) is 0 Å². The Morgan fingerprint density at radius 1 is 1.14 bits per heavy atom. The molecule has 28 heavy (non-hydrogen) atoms. The van der Waals surface area contributed by atoms with Gasteiger partial charge in [0.2, 0.25) is 0 Å². The molecule has 1 aliphatic rings. The molecule has 144 valence electrons. The van der Waals surface area contributed by atoms with Crippen molar-refractivity contribution in [2.45, 2.75) is 6.18 Å². The molecule has 2 amide bonds. The number of nitro groups is 1. The lowest BCUT2D eigenvalue weighted by Gasteiger charge is -2.16. The number of carbonyl (C=O) groups is 2. The molecule has 0 aliphatic carbocycles. The van der Waals surface area contributed by atoms with Crippen molar-refractivity contribution in [1.82, 2.24) is 0 Å². The van der Waals surface area contributed by atoms with Gasteiger partial charge in [-0.25, -0.2) is 4.90 Å². The Hall–Kier alpha value is -2.85. The summed E-state index contributed by atoms with van der Waals surface area (Å²) < 4.78 is 39.1. The molecule has 11 heteroatoms. The lowest BCUT2D eigenvalue weighted by Crippen LogP contribution is -2.28. The third kappa shape index (κ3) is 3.73. The summed E-state index contributed by atoms with van der Waals surface area (Å²) in [6.07, 6.45) is -3.61. The molecule has 0 radical (unpaired) electrons. The van der Waals surface area contributed by atoms with Crippen LogP contribution in [-0.2, 0) is 11.0 Å². The number of nitrogens with zero attached hydrogens (tertiary/aromatic N) is 2. The summed E-state index contributed by atoms with van der Waals surface area (Å²) in [4.78, 5) is 35.7. The topological polar surface area (TPSA) is 80.5 Å². The highest BCUT2D eigenvalue weighted by atomic mass is 35.5. The van der Waals surface area contributed by atoms with Gasteiger partial charge in [-0.15, -0.1) is 0 Å². The number of rotatable bonds is 3. The van der Waals surface area contributed by atoms with E-state index < -0.39 is 32.8 Å². The summed E-state index contributed by atoms with van der Waals surface area (Å²) in [5, 5.41) is 9.68. The van der Waals surface area contributed by atoms with Crippen LogP contribution in [0.3, 0.4) is 0 Å². The molecule has 0 unspecified atom stereocenters. The highest BCUT2D eigenvalue weighted by molar-refractivity contribution is 8.19. The van der Waals surface area contributed by atoms with Crippen LogP contribution >= 0.6 is 23.4 Å². The number of alkyl halides is 3. The Bertz CT molecular complexity index is 1040. The zero-order valence-electron chi connectivity index (χ0n) is 13.6. The Kier molecular flexibility index (Phi) is 5.18. The molecule has 1 saturated heterocycles. The Morgan fingerprint density at radius 3 is 2.46 bits per heavy atom. The van der Waals surface area contributed by atoms with E-state index in [9.17, 15) is 32.9 Å². The van der Waals surface area contributed by atoms with Crippen molar-refractivity contribution >= 4 is 52.0 Å². The molecule has 1 aliphatic heterocycles. The number of halogens is 4. The van der Waals surface area contributed by atoms with Gasteiger partial charge < -0.3 is 0 Å². The second kappa shape index (κ2) is 7.28. The lowest BCUT2D eigenvalue weighted by atomic mass is 10.1. The molecular weight excluding hydrogens is 421 g/mol. The maximum absolute atomic E-state index is 13.0. The van der Waals surface area contributed by atoms with Crippen molar-refractivity contribution in [2.24, 2.45) is 0 Å². The van der Waals surface area contributed by atoms with Gasteiger partial charge in [0.1, 0.15) is 0 Å². The van der Waals surface area contributed by atoms with Crippen molar-refractivity contribution in [2.75, 3.05) is 4.90 Å². The van der Waals surface area contributed by atoms with Crippen LogP contribution in [-0.4, -0.2) is 16.1 Å². The molecule has 1 heterocycles. The first-order chi connectivity index (χ1) is 13.1.